The van der Waals surface area contributed by atoms with Crippen molar-refractivity contribution in [3.05, 3.63) is 0 Å². The van der Waals surface area contributed by atoms with E-state index in [4.69, 9.17) is 4.74 Å². The van der Waals surface area contributed by atoms with Crippen molar-refractivity contribution in [1.82, 2.24) is 0 Å². The number of ether oxygens (including phenoxy) is 1. The predicted octanol–water partition coefficient (Wildman–Crippen LogP) is 1.48. The van der Waals surface area contributed by atoms with Crippen molar-refractivity contribution < 1.29 is 4.74 Å². The van der Waals surface area contributed by atoms with Crippen molar-refractivity contribution in [3.63, 3.8) is 0 Å². The zero-order chi connectivity index (χ0) is 6.27. The van der Waals surface area contributed by atoms with Gasteiger partial charge in [-0.25, -0.2) is 0 Å². The summed E-state index contributed by atoms with van der Waals surface area (Å²) in [6.45, 7) is 0. The molecule has 0 aromatic heterocycles. The molecule has 3 unspecified atom stereocenters. The van der Waals surface area contributed by atoms with Crippen LogP contribution in [0.1, 0.15) is 19.3 Å². The largest absolute Gasteiger partial charge is 0.369 e. The summed E-state index contributed by atoms with van der Waals surface area (Å²) in [6.07, 6.45) is 5.23. The van der Waals surface area contributed by atoms with Crippen LogP contribution in [0.3, 0.4) is 0 Å². The van der Waals surface area contributed by atoms with Gasteiger partial charge in [0.1, 0.15) is 0 Å². The van der Waals surface area contributed by atoms with Crippen molar-refractivity contribution in [3.8, 4) is 0 Å². The van der Waals surface area contributed by atoms with Crippen LogP contribution < -0.4 is 0 Å². The molecule has 1 aliphatic heterocycles. The highest BCUT2D eigenvalue weighted by Crippen LogP contribution is 2.40. The second kappa shape index (κ2) is 2.17. The molecule has 3 atom stereocenters. The fourth-order valence-corrected chi connectivity index (χ4v) is 2.13. The smallest absolute Gasteiger partial charge is 0.0877 e. The summed E-state index contributed by atoms with van der Waals surface area (Å²) in [5, 5.41) is 0. The highest BCUT2D eigenvalue weighted by atomic mass is 32.1. The van der Waals surface area contributed by atoms with Crippen molar-refractivity contribution in [2.75, 3.05) is 5.75 Å². The summed E-state index contributed by atoms with van der Waals surface area (Å²) in [5.41, 5.74) is 0. The van der Waals surface area contributed by atoms with E-state index in [2.05, 4.69) is 12.6 Å². The Morgan fingerprint density at radius 3 is 3.00 bits per heavy atom. The molecule has 0 bridgehead atoms. The van der Waals surface area contributed by atoms with Gasteiger partial charge in [-0.2, -0.15) is 12.6 Å². The van der Waals surface area contributed by atoms with Gasteiger partial charge in [-0.1, -0.05) is 6.42 Å². The predicted molar refractivity (Wildman–Crippen MR) is 39.9 cm³/mol. The molecule has 2 heteroatoms. The number of fused-ring (bicyclic) bond motifs is 1. The van der Waals surface area contributed by atoms with Crippen LogP contribution in [-0.4, -0.2) is 18.0 Å². The molecule has 1 saturated carbocycles. The highest BCUT2D eigenvalue weighted by molar-refractivity contribution is 7.80. The van der Waals surface area contributed by atoms with Crippen LogP contribution in [0.15, 0.2) is 0 Å². The third-order valence-corrected chi connectivity index (χ3v) is 2.85. The number of hydrogen-bond acceptors (Lipinski definition) is 2. The van der Waals surface area contributed by atoms with Crippen LogP contribution in [0.25, 0.3) is 0 Å². The first kappa shape index (κ1) is 6.05. The van der Waals surface area contributed by atoms with Crippen LogP contribution in [0.2, 0.25) is 0 Å². The molecule has 0 aromatic rings. The van der Waals surface area contributed by atoms with E-state index in [9.17, 15) is 0 Å². The van der Waals surface area contributed by atoms with E-state index in [1.54, 1.807) is 0 Å². The molecule has 52 valence electrons. The minimum absolute atomic E-state index is 0.608. The van der Waals surface area contributed by atoms with Crippen molar-refractivity contribution >= 4 is 12.6 Å². The monoisotopic (exact) mass is 144 g/mol. The minimum Gasteiger partial charge on any atom is -0.369 e. The number of epoxide rings is 1. The molecule has 0 aromatic carbocycles. The van der Waals surface area contributed by atoms with Gasteiger partial charge < -0.3 is 4.74 Å². The zero-order valence-electron chi connectivity index (χ0n) is 5.42. The summed E-state index contributed by atoms with van der Waals surface area (Å²) < 4.78 is 5.43. The Morgan fingerprint density at radius 1 is 1.44 bits per heavy atom. The molecule has 0 amide bonds. The fourth-order valence-electron chi connectivity index (χ4n) is 1.74. The summed E-state index contributed by atoms with van der Waals surface area (Å²) in [7, 11) is 0. The Balaban J connectivity index is 1.93. The van der Waals surface area contributed by atoms with Crippen molar-refractivity contribution in [1.29, 1.82) is 0 Å². The highest BCUT2D eigenvalue weighted by Gasteiger charge is 2.46. The van der Waals surface area contributed by atoms with E-state index < -0.39 is 0 Å². The van der Waals surface area contributed by atoms with Gasteiger partial charge in [-0.05, 0) is 24.5 Å². The van der Waals surface area contributed by atoms with E-state index in [0.29, 0.717) is 12.2 Å². The quantitative estimate of drug-likeness (QED) is 0.434. The van der Waals surface area contributed by atoms with E-state index in [-0.39, 0.29) is 0 Å². The third kappa shape index (κ3) is 0.987. The van der Waals surface area contributed by atoms with E-state index >= 15 is 0 Å². The standard InChI is InChI=1S/C7H12OS/c9-4-5-2-1-3-6-7(5)8-6/h5-7,9H,1-4H2. The lowest BCUT2D eigenvalue weighted by molar-refractivity contribution is 0.339. The van der Waals surface area contributed by atoms with Gasteiger partial charge >= 0.3 is 0 Å². The number of hydrogen-bond donors (Lipinski definition) is 1. The molecule has 2 fully saturated rings. The van der Waals surface area contributed by atoms with E-state index in [1.165, 1.54) is 19.3 Å². The van der Waals surface area contributed by atoms with Gasteiger partial charge in [0.2, 0.25) is 0 Å². The Labute approximate surface area is 61.2 Å². The molecule has 1 saturated heterocycles. The number of rotatable bonds is 1. The van der Waals surface area contributed by atoms with Crippen molar-refractivity contribution in [2.45, 2.75) is 31.5 Å². The Bertz CT molecular complexity index is 115. The molecule has 1 aliphatic carbocycles. The molecule has 0 N–H and O–H groups in total. The van der Waals surface area contributed by atoms with Crippen LogP contribution >= 0.6 is 12.6 Å². The van der Waals surface area contributed by atoms with Crippen LogP contribution in [0.5, 0.6) is 0 Å². The van der Waals surface area contributed by atoms with Gasteiger partial charge in [0.15, 0.2) is 0 Å². The van der Waals surface area contributed by atoms with Crippen LogP contribution in [-0.2, 0) is 4.74 Å². The van der Waals surface area contributed by atoms with Gasteiger partial charge in [0, 0.05) is 0 Å². The van der Waals surface area contributed by atoms with Gasteiger partial charge in [-0.3, -0.25) is 0 Å². The first-order valence-corrected chi connectivity index (χ1v) is 4.31. The molecule has 9 heavy (non-hydrogen) atoms. The molecular weight excluding hydrogens is 132 g/mol. The molecule has 0 radical (unpaired) electrons. The minimum atomic E-state index is 0.608. The van der Waals surface area contributed by atoms with E-state index in [0.717, 1.165) is 11.7 Å². The molecule has 1 heterocycles. The lowest BCUT2D eigenvalue weighted by Crippen LogP contribution is -2.17. The number of thiol groups is 1. The second-order valence-corrected chi connectivity index (χ2v) is 3.38. The Kier molecular flexibility index (Phi) is 1.46. The molecular formula is C7H12OS. The fraction of sp³-hybridized carbons (Fsp3) is 1.00. The average Bonchev–Trinajstić information content (AvgIpc) is 2.64. The summed E-state index contributed by atoms with van der Waals surface area (Å²) in [6, 6.07) is 0. The van der Waals surface area contributed by atoms with E-state index in [1.807, 2.05) is 0 Å². The Hall–Kier alpha value is 0.310. The van der Waals surface area contributed by atoms with Crippen LogP contribution in [0.4, 0.5) is 0 Å². The molecule has 0 spiro atoms. The maximum Gasteiger partial charge on any atom is 0.0877 e. The average molecular weight is 144 g/mol. The summed E-state index contributed by atoms with van der Waals surface area (Å²) in [4.78, 5) is 0. The van der Waals surface area contributed by atoms with Gasteiger partial charge in [0.05, 0.1) is 12.2 Å². The first-order valence-electron chi connectivity index (χ1n) is 3.68. The third-order valence-electron chi connectivity index (χ3n) is 2.38. The molecule has 2 aliphatic rings. The second-order valence-electron chi connectivity index (χ2n) is 3.01. The van der Waals surface area contributed by atoms with Gasteiger partial charge in [0.25, 0.3) is 0 Å². The van der Waals surface area contributed by atoms with Gasteiger partial charge in [-0.15, -0.1) is 0 Å². The molecule has 2 rings (SSSR count). The lowest BCUT2D eigenvalue weighted by Gasteiger charge is -2.14. The maximum absolute atomic E-state index is 5.43. The zero-order valence-corrected chi connectivity index (χ0v) is 6.31. The SMILES string of the molecule is SCC1CCCC2OC12. The molecule has 1 nitrogen and oxygen atoms in total. The normalized spacial score (nSPS) is 48.3. The van der Waals surface area contributed by atoms with Crippen LogP contribution in [0, 0.1) is 5.92 Å². The van der Waals surface area contributed by atoms with Crippen molar-refractivity contribution in [2.24, 2.45) is 5.92 Å². The topological polar surface area (TPSA) is 12.5 Å². The first-order chi connectivity index (χ1) is 4.42. The maximum atomic E-state index is 5.43. The summed E-state index contributed by atoms with van der Waals surface area (Å²) in [5.74, 6) is 1.79. The Morgan fingerprint density at radius 2 is 2.33 bits per heavy atom. The summed E-state index contributed by atoms with van der Waals surface area (Å²) >= 11 is 4.27. The lowest BCUT2D eigenvalue weighted by atomic mass is 9.91.